The molecule has 1 saturated carbocycles. The van der Waals surface area contributed by atoms with E-state index in [9.17, 15) is 4.79 Å². The van der Waals surface area contributed by atoms with Crippen molar-refractivity contribution < 1.29 is 9.53 Å². The van der Waals surface area contributed by atoms with Gasteiger partial charge in [0, 0.05) is 16.6 Å². The van der Waals surface area contributed by atoms with Gasteiger partial charge in [-0.25, -0.2) is 9.98 Å². The predicted octanol–water partition coefficient (Wildman–Crippen LogP) is 4.45. The number of allylic oxidation sites excluding steroid dienone is 1. The molecule has 1 aliphatic heterocycles. The average Bonchev–Trinajstić information content (AvgIpc) is 2.68. The Morgan fingerprint density at radius 3 is 2.81 bits per heavy atom. The molecule has 1 N–H and O–H groups in total. The lowest BCUT2D eigenvalue weighted by Gasteiger charge is -2.43. The molecule has 0 unspecified atom stereocenters. The molecule has 4 rings (SSSR count). The zero-order valence-electron chi connectivity index (χ0n) is 15.2. The number of pyridine rings is 1. The Hall–Kier alpha value is -1.82. The van der Waals surface area contributed by atoms with Crippen molar-refractivity contribution in [3.05, 3.63) is 35.2 Å². The van der Waals surface area contributed by atoms with Crippen LogP contribution in [0.3, 0.4) is 0 Å². The van der Waals surface area contributed by atoms with Crippen molar-refractivity contribution >= 4 is 22.8 Å². The second-order valence-electron chi connectivity index (χ2n) is 7.22. The zero-order chi connectivity index (χ0) is 18.0. The van der Waals surface area contributed by atoms with Crippen LogP contribution in [0.1, 0.15) is 68.1 Å². The van der Waals surface area contributed by atoms with Gasteiger partial charge < -0.3 is 10.1 Å². The Balaban J connectivity index is 1.61. The fourth-order valence-corrected chi connectivity index (χ4v) is 5.87. The average molecular weight is 372 g/mol. The number of thioether (sulfide) groups is 1. The van der Waals surface area contributed by atoms with Crippen molar-refractivity contribution in [2.75, 3.05) is 7.11 Å². The first-order valence-corrected chi connectivity index (χ1v) is 10.3. The first-order valence-electron chi connectivity index (χ1n) is 9.52. The van der Waals surface area contributed by atoms with Gasteiger partial charge in [0.15, 0.2) is 5.17 Å². The summed E-state index contributed by atoms with van der Waals surface area (Å²) in [5.74, 6) is 0.142. The quantitative estimate of drug-likeness (QED) is 0.834. The van der Waals surface area contributed by atoms with Crippen molar-refractivity contribution in [3.8, 4) is 5.88 Å². The number of hydrogen-bond donors (Lipinski definition) is 1. The highest BCUT2D eigenvalue weighted by Gasteiger charge is 2.42. The van der Waals surface area contributed by atoms with Crippen molar-refractivity contribution in [2.24, 2.45) is 4.99 Å². The molecule has 1 fully saturated rings. The van der Waals surface area contributed by atoms with Crippen LogP contribution >= 0.6 is 11.8 Å². The molecule has 0 bridgehead atoms. The first kappa shape index (κ1) is 17.6. The molecule has 1 aromatic rings. The summed E-state index contributed by atoms with van der Waals surface area (Å²) in [7, 11) is 1.53. The molecule has 0 atom stereocenters. The van der Waals surface area contributed by atoms with Crippen LogP contribution in [0.25, 0.3) is 0 Å². The summed E-state index contributed by atoms with van der Waals surface area (Å²) in [6.45, 7) is 0. The summed E-state index contributed by atoms with van der Waals surface area (Å²) in [6, 6.07) is 3.48. The van der Waals surface area contributed by atoms with Crippen molar-refractivity contribution in [1.82, 2.24) is 10.3 Å². The van der Waals surface area contributed by atoms with Crippen LogP contribution in [0.15, 0.2) is 34.6 Å². The van der Waals surface area contributed by atoms with E-state index in [0.29, 0.717) is 11.4 Å². The van der Waals surface area contributed by atoms with Crippen molar-refractivity contribution in [2.45, 2.75) is 62.5 Å². The molecule has 6 heteroatoms. The number of nitrogens with zero attached hydrogens (tertiary/aromatic N) is 2. The number of rotatable bonds is 2. The number of carbonyl (C=O) groups excluding carboxylic acids is 1. The van der Waals surface area contributed by atoms with E-state index >= 15 is 0 Å². The molecule has 3 aliphatic rings. The number of fused-ring (bicyclic) bond motifs is 1. The number of aliphatic imine (C=N–C) groups is 1. The number of amides is 1. The first-order chi connectivity index (χ1) is 12.7. The predicted molar refractivity (Wildman–Crippen MR) is 105 cm³/mol. The van der Waals surface area contributed by atoms with Gasteiger partial charge in [0.1, 0.15) is 5.56 Å². The summed E-state index contributed by atoms with van der Waals surface area (Å²) in [5.41, 5.74) is 3.23. The number of hydrogen-bond acceptors (Lipinski definition) is 5. The summed E-state index contributed by atoms with van der Waals surface area (Å²) in [5, 5.41) is 3.77. The molecule has 0 aromatic carbocycles. The molecule has 2 aliphatic carbocycles. The van der Waals surface area contributed by atoms with E-state index in [1.54, 1.807) is 35.7 Å². The summed E-state index contributed by atoms with van der Waals surface area (Å²) in [4.78, 5) is 21.7. The monoisotopic (exact) mass is 371 g/mol. The van der Waals surface area contributed by atoms with Crippen LogP contribution in [-0.4, -0.2) is 27.9 Å². The van der Waals surface area contributed by atoms with E-state index in [1.807, 2.05) is 0 Å². The molecule has 5 nitrogen and oxygen atoms in total. The third-order valence-corrected chi connectivity index (χ3v) is 7.04. The van der Waals surface area contributed by atoms with Gasteiger partial charge in [-0.1, -0.05) is 31.0 Å². The molecular formula is C20H25N3O2S. The Morgan fingerprint density at radius 2 is 2.00 bits per heavy atom. The Kier molecular flexibility index (Phi) is 5.02. The lowest BCUT2D eigenvalue weighted by molar-refractivity contribution is 0.0974. The van der Waals surface area contributed by atoms with E-state index in [0.717, 1.165) is 11.6 Å². The Bertz CT molecular complexity index is 766. The summed E-state index contributed by atoms with van der Waals surface area (Å²) < 4.78 is 5.37. The minimum Gasteiger partial charge on any atom is -0.480 e. The highest BCUT2D eigenvalue weighted by atomic mass is 32.2. The molecular weight excluding hydrogens is 346 g/mol. The Morgan fingerprint density at radius 1 is 1.19 bits per heavy atom. The van der Waals surface area contributed by atoms with Gasteiger partial charge in [-0.05, 0) is 56.2 Å². The van der Waals surface area contributed by atoms with Crippen LogP contribution in [0.5, 0.6) is 5.88 Å². The SMILES string of the molecule is COc1ncccc1C(=O)NC1=NC2=C(CCCC2)C2(CCCCC2)S1. The third-order valence-electron chi connectivity index (χ3n) is 5.61. The van der Waals surface area contributed by atoms with Gasteiger partial charge in [-0.3, -0.25) is 4.79 Å². The van der Waals surface area contributed by atoms with Gasteiger partial charge in [0.2, 0.25) is 5.88 Å². The molecule has 2 heterocycles. The number of ether oxygens (including phenoxy) is 1. The highest BCUT2D eigenvalue weighted by Crippen LogP contribution is 2.52. The number of nitrogens with one attached hydrogen (secondary N) is 1. The largest absolute Gasteiger partial charge is 0.480 e. The fourth-order valence-electron chi connectivity index (χ4n) is 4.37. The van der Waals surface area contributed by atoms with E-state index in [4.69, 9.17) is 9.73 Å². The molecule has 1 aromatic heterocycles. The topological polar surface area (TPSA) is 63.6 Å². The molecule has 26 heavy (non-hydrogen) atoms. The van der Waals surface area contributed by atoms with Crippen LogP contribution in [0.2, 0.25) is 0 Å². The number of amidine groups is 1. The van der Waals surface area contributed by atoms with Crippen LogP contribution in [0.4, 0.5) is 0 Å². The number of carbonyl (C=O) groups is 1. The van der Waals surface area contributed by atoms with Gasteiger partial charge in [-0.15, -0.1) is 0 Å². The van der Waals surface area contributed by atoms with Crippen LogP contribution in [0, 0.1) is 0 Å². The maximum absolute atomic E-state index is 12.8. The van der Waals surface area contributed by atoms with E-state index in [1.165, 1.54) is 64.2 Å². The minimum atomic E-state index is -0.202. The maximum Gasteiger partial charge on any atom is 0.262 e. The zero-order valence-corrected chi connectivity index (χ0v) is 16.0. The fraction of sp³-hybridized carbons (Fsp3) is 0.550. The number of methoxy groups -OCH3 is 1. The lowest BCUT2D eigenvalue weighted by Crippen LogP contribution is -2.40. The summed E-state index contributed by atoms with van der Waals surface area (Å²) in [6.07, 6.45) is 12.5. The lowest BCUT2D eigenvalue weighted by atomic mass is 9.77. The standard InChI is InChI=1S/C20H25N3O2S/c1-25-18-14(8-7-13-21-18)17(24)23-19-22-16-10-4-3-9-15(16)20(26-19)11-5-2-6-12-20/h7-8,13H,2-6,9-12H2,1H3,(H,22,23,24). The maximum atomic E-state index is 12.8. The third kappa shape index (κ3) is 3.27. The van der Waals surface area contributed by atoms with Gasteiger partial charge >= 0.3 is 0 Å². The van der Waals surface area contributed by atoms with Gasteiger partial charge in [0.25, 0.3) is 5.91 Å². The summed E-state index contributed by atoms with van der Waals surface area (Å²) >= 11 is 1.78. The molecule has 0 radical (unpaired) electrons. The normalized spacial score (nSPS) is 21.8. The van der Waals surface area contributed by atoms with Crippen molar-refractivity contribution in [3.63, 3.8) is 0 Å². The second kappa shape index (κ2) is 7.43. The molecule has 138 valence electrons. The van der Waals surface area contributed by atoms with Crippen LogP contribution in [-0.2, 0) is 0 Å². The van der Waals surface area contributed by atoms with Crippen molar-refractivity contribution in [1.29, 1.82) is 0 Å². The Labute approximate surface area is 158 Å². The minimum absolute atomic E-state index is 0.150. The van der Waals surface area contributed by atoms with E-state index in [-0.39, 0.29) is 10.7 Å². The van der Waals surface area contributed by atoms with Gasteiger partial charge in [0.05, 0.1) is 7.11 Å². The van der Waals surface area contributed by atoms with E-state index in [2.05, 4.69) is 10.3 Å². The second-order valence-corrected chi connectivity index (χ2v) is 8.59. The van der Waals surface area contributed by atoms with Crippen LogP contribution < -0.4 is 10.1 Å². The number of aromatic nitrogens is 1. The molecule has 1 spiro atoms. The smallest absolute Gasteiger partial charge is 0.262 e. The van der Waals surface area contributed by atoms with Gasteiger partial charge in [-0.2, -0.15) is 0 Å². The molecule has 1 amide bonds. The highest BCUT2D eigenvalue weighted by molar-refractivity contribution is 8.15. The molecule has 0 saturated heterocycles. The van der Waals surface area contributed by atoms with E-state index < -0.39 is 0 Å².